The van der Waals surface area contributed by atoms with Crippen LogP contribution in [-0.4, -0.2) is 30.7 Å². The molecule has 0 N–H and O–H groups in total. The quantitative estimate of drug-likeness (QED) is 0.501. The molecule has 3 aromatic rings. The lowest BCUT2D eigenvalue weighted by atomic mass is 9.64. The molecule has 1 aliphatic rings. The summed E-state index contributed by atoms with van der Waals surface area (Å²) in [6.07, 6.45) is 0.205. The predicted molar refractivity (Wildman–Crippen MR) is 111 cm³/mol. The molecule has 4 rings (SSSR count). The fourth-order valence-electron chi connectivity index (χ4n) is 4.69. The number of fused-ring (bicyclic) bond motifs is 3. The maximum absolute atomic E-state index is 13.0. The third kappa shape index (κ3) is 2.54. The minimum absolute atomic E-state index is 0.194. The first-order chi connectivity index (χ1) is 14.0. The van der Waals surface area contributed by atoms with E-state index in [0.717, 1.165) is 27.7 Å². The fraction of sp³-hybridized carbons (Fsp3) is 0.250. The van der Waals surface area contributed by atoms with Gasteiger partial charge in [-0.3, -0.25) is 9.59 Å². The number of carbonyl (C=O) groups excluding carboxylic acids is 2. The van der Waals surface area contributed by atoms with E-state index in [9.17, 15) is 9.59 Å². The van der Waals surface area contributed by atoms with E-state index in [1.807, 2.05) is 60.1 Å². The van der Waals surface area contributed by atoms with Gasteiger partial charge in [0.15, 0.2) is 5.41 Å². The van der Waals surface area contributed by atoms with Gasteiger partial charge in [-0.1, -0.05) is 55.1 Å². The number of nitrogens with zero attached hydrogens (tertiary/aromatic N) is 1. The van der Waals surface area contributed by atoms with Gasteiger partial charge in [-0.2, -0.15) is 0 Å². The molecule has 0 fully saturated rings. The van der Waals surface area contributed by atoms with Crippen molar-refractivity contribution >= 4 is 28.4 Å². The summed E-state index contributed by atoms with van der Waals surface area (Å²) >= 11 is 0. The summed E-state index contributed by atoms with van der Waals surface area (Å²) in [5.41, 5.74) is 2.71. The van der Waals surface area contributed by atoms with Gasteiger partial charge >= 0.3 is 11.9 Å². The van der Waals surface area contributed by atoms with Gasteiger partial charge in [-0.25, -0.2) is 0 Å². The van der Waals surface area contributed by atoms with Crippen molar-refractivity contribution in [1.82, 2.24) is 4.57 Å². The second kappa shape index (κ2) is 6.92. The average molecular weight is 389 g/mol. The Morgan fingerprint density at radius 3 is 2.21 bits per heavy atom. The van der Waals surface area contributed by atoms with Crippen molar-refractivity contribution in [2.45, 2.75) is 12.3 Å². The molecule has 1 heterocycles. The maximum Gasteiger partial charge on any atom is 0.327 e. The van der Waals surface area contributed by atoms with Gasteiger partial charge in [-0.15, -0.1) is 0 Å². The molecular formula is C24H23NO4. The molecule has 0 aliphatic heterocycles. The number of methoxy groups -OCH3 is 2. The van der Waals surface area contributed by atoms with Crippen LogP contribution in [0.1, 0.15) is 29.2 Å². The lowest BCUT2D eigenvalue weighted by Crippen LogP contribution is -2.46. The number of hydrogen-bond donors (Lipinski definition) is 0. The first-order valence-corrected chi connectivity index (χ1v) is 9.46. The molecule has 0 saturated carbocycles. The molecule has 0 amide bonds. The highest BCUT2D eigenvalue weighted by Crippen LogP contribution is 2.55. The van der Waals surface area contributed by atoms with E-state index < -0.39 is 17.4 Å². The summed E-state index contributed by atoms with van der Waals surface area (Å²) < 4.78 is 12.2. The number of hydrogen-bond acceptors (Lipinski definition) is 4. The second-order valence-corrected chi connectivity index (χ2v) is 7.37. The van der Waals surface area contributed by atoms with Crippen LogP contribution in [0.4, 0.5) is 0 Å². The van der Waals surface area contributed by atoms with E-state index in [4.69, 9.17) is 9.47 Å². The molecule has 0 saturated heterocycles. The number of aryl methyl sites for hydroxylation is 1. The van der Waals surface area contributed by atoms with Crippen LogP contribution in [0.2, 0.25) is 0 Å². The Balaban J connectivity index is 2.10. The molecule has 1 aromatic heterocycles. The van der Waals surface area contributed by atoms with Crippen LogP contribution in [0.5, 0.6) is 0 Å². The highest BCUT2D eigenvalue weighted by atomic mass is 16.5. The third-order valence-corrected chi connectivity index (χ3v) is 6.08. The standard InChI is InChI=1S/C24H23NO4/c1-15-21-20(17-12-8-9-13-19(17)25(21)2)18(16-10-6-5-7-11-16)14-24(15,22(26)28-3)23(27)29-4/h5-13,18H,1,14H2,2-4H3. The highest BCUT2D eigenvalue weighted by molar-refractivity contribution is 6.14. The van der Waals surface area contributed by atoms with Crippen molar-refractivity contribution in [3.8, 4) is 0 Å². The fourth-order valence-corrected chi connectivity index (χ4v) is 4.69. The van der Waals surface area contributed by atoms with Gasteiger partial charge in [0, 0.05) is 29.6 Å². The minimum atomic E-state index is -1.60. The van der Waals surface area contributed by atoms with Gasteiger partial charge in [0.25, 0.3) is 0 Å². The molecule has 5 nitrogen and oxygen atoms in total. The third-order valence-electron chi connectivity index (χ3n) is 6.08. The van der Waals surface area contributed by atoms with E-state index in [-0.39, 0.29) is 12.3 Å². The molecule has 0 spiro atoms. The summed E-state index contributed by atoms with van der Waals surface area (Å²) in [6, 6.07) is 18.0. The Kier molecular flexibility index (Phi) is 4.53. The van der Waals surface area contributed by atoms with Gasteiger partial charge < -0.3 is 14.0 Å². The molecule has 148 valence electrons. The van der Waals surface area contributed by atoms with Crippen LogP contribution in [0, 0.1) is 5.41 Å². The molecule has 2 aromatic carbocycles. The number of benzene rings is 2. The van der Waals surface area contributed by atoms with Crippen LogP contribution in [0.15, 0.2) is 61.2 Å². The van der Waals surface area contributed by atoms with Crippen LogP contribution < -0.4 is 0 Å². The molecule has 5 heteroatoms. The zero-order valence-electron chi connectivity index (χ0n) is 16.8. The number of rotatable bonds is 3. The van der Waals surface area contributed by atoms with E-state index in [0.29, 0.717) is 5.57 Å². The first-order valence-electron chi connectivity index (χ1n) is 9.46. The van der Waals surface area contributed by atoms with Crippen LogP contribution >= 0.6 is 0 Å². The molecule has 29 heavy (non-hydrogen) atoms. The SMILES string of the molecule is C=C1c2c(c3ccccc3n2C)C(c2ccccc2)CC1(C(=O)OC)C(=O)OC. The van der Waals surface area contributed by atoms with Crippen LogP contribution in [-0.2, 0) is 26.1 Å². The Hall–Kier alpha value is -3.34. The number of esters is 2. The summed E-state index contributed by atoms with van der Waals surface area (Å²) in [5.74, 6) is -1.49. The lowest BCUT2D eigenvalue weighted by Gasteiger charge is -2.39. The summed E-state index contributed by atoms with van der Waals surface area (Å²) in [6.45, 7) is 4.21. The van der Waals surface area contributed by atoms with E-state index in [1.165, 1.54) is 14.2 Å². The Labute approximate surface area is 169 Å². The zero-order chi connectivity index (χ0) is 20.8. The van der Waals surface area contributed by atoms with Crippen molar-refractivity contribution in [3.63, 3.8) is 0 Å². The van der Waals surface area contributed by atoms with Crippen LogP contribution in [0.3, 0.4) is 0 Å². The van der Waals surface area contributed by atoms with Gasteiger partial charge in [0.2, 0.25) is 0 Å². The zero-order valence-corrected chi connectivity index (χ0v) is 16.8. The predicted octanol–water partition coefficient (Wildman–Crippen LogP) is 4.06. The van der Waals surface area contributed by atoms with Crippen molar-refractivity contribution in [3.05, 3.63) is 78.0 Å². The number of para-hydroxylation sites is 1. The Morgan fingerprint density at radius 2 is 1.59 bits per heavy atom. The van der Waals surface area contributed by atoms with E-state index >= 15 is 0 Å². The topological polar surface area (TPSA) is 57.5 Å². The second-order valence-electron chi connectivity index (χ2n) is 7.37. The van der Waals surface area contributed by atoms with E-state index in [2.05, 4.69) is 12.6 Å². The van der Waals surface area contributed by atoms with Crippen molar-refractivity contribution in [2.24, 2.45) is 12.5 Å². The van der Waals surface area contributed by atoms with E-state index in [1.54, 1.807) is 0 Å². The van der Waals surface area contributed by atoms with Gasteiger partial charge in [0.1, 0.15) is 0 Å². The molecular weight excluding hydrogens is 366 g/mol. The molecule has 0 radical (unpaired) electrons. The molecule has 0 bridgehead atoms. The highest BCUT2D eigenvalue weighted by Gasteiger charge is 2.57. The normalized spacial score (nSPS) is 17.6. The van der Waals surface area contributed by atoms with Crippen molar-refractivity contribution in [1.29, 1.82) is 0 Å². The number of ether oxygens (including phenoxy) is 2. The summed E-state index contributed by atoms with van der Waals surface area (Å²) in [5, 5.41) is 1.09. The number of aromatic nitrogens is 1. The number of carbonyl (C=O) groups is 2. The lowest BCUT2D eigenvalue weighted by molar-refractivity contribution is -0.165. The molecule has 1 aliphatic carbocycles. The monoisotopic (exact) mass is 389 g/mol. The summed E-state index contributed by atoms with van der Waals surface area (Å²) in [4.78, 5) is 26.0. The summed E-state index contributed by atoms with van der Waals surface area (Å²) in [7, 11) is 4.50. The largest absolute Gasteiger partial charge is 0.468 e. The Bertz CT molecular complexity index is 1110. The van der Waals surface area contributed by atoms with Gasteiger partial charge in [0.05, 0.1) is 14.2 Å². The van der Waals surface area contributed by atoms with Crippen molar-refractivity contribution in [2.75, 3.05) is 14.2 Å². The maximum atomic E-state index is 13.0. The smallest absolute Gasteiger partial charge is 0.327 e. The van der Waals surface area contributed by atoms with Crippen molar-refractivity contribution < 1.29 is 19.1 Å². The Morgan fingerprint density at radius 1 is 1.00 bits per heavy atom. The molecule has 1 atom stereocenters. The first kappa shape index (κ1) is 19.0. The van der Waals surface area contributed by atoms with Crippen LogP contribution in [0.25, 0.3) is 16.5 Å². The minimum Gasteiger partial charge on any atom is -0.468 e. The molecule has 1 unspecified atom stereocenters. The van der Waals surface area contributed by atoms with Gasteiger partial charge in [-0.05, 0) is 29.2 Å². The average Bonchev–Trinajstić information content (AvgIpc) is 3.07.